The van der Waals surface area contributed by atoms with Crippen LogP contribution in [0, 0.1) is 0 Å². The molecule has 0 bridgehead atoms. The van der Waals surface area contributed by atoms with E-state index in [0.717, 1.165) is 4.58 Å². The topological polar surface area (TPSA) is 0 Å². The molecular weight excluding hydrogens is 124 g/mol. The van der Waals surface area contributed by atoms with Crippen molar-refractivity contribution in [3.63, 3.8) is 0 Å². The molecule has 0 aromatic rings. The number of thioether (sulfide) groups is 2. The molecule has 7 heavy (non-hydrogen) atoms. The summed E-state index contributed by atoms with van der Waals surface area (Å²) in [6, 6.07) is 0. The summed E-state index contributed by atoms with van der Waals surface area (Å²) in [5.74, 6) is 2.76. The second-order valence-electron chi connectivity index (χ2n) is 1.58. The van der Waals surface area contributed by atoms with Crippen LogP contribution in [0.2, 0.25) is 0 Å². The monoisotopic (exact) mass is 134 g/mol. The molecule has 0 aromatic heterocycles. The van der Waals surface area contributed by atoms with Gasteiger partial charge in [0.1, 0.15) is 0 Å². The smallest absolute Gasteiger partial charge is 0.0500 e. The maximum Gasteiger partial charge on any atom is 0.0500 e. The standard InChI is InChI=1S/C5H10S2/c1-2-5-6-3-4-7-5/h5H,2-4H2,1H3. The van der Waals surface area contributed by atoms with Crippen LogP contribution in [0.15, 0.2) is 0 Å². The molecule has 1 aliphatic rings. The lowest BCUT2D eigenvalue weighted by Crippen LogP contribution is -1.83. The lowest BCUT2D eigenvalue weighted by atomic mass is 10.6. The molecule has 0 N–H and O–H groups in total. The maximum absolute atomic E-state index is 2.26. The first kappa shape index (κ1) is 5.83. The third-order valence-electron chi connectivity index (χ3n) is 1.02. The Bertz CT molecular complexity index is 48.0. The quantitative estimate of drug-likeness (QED) is 0.539. The number of rotatable bonds is 1. The minimum Gasteiger partial charge on any atom is -0.147 e. The van der Waals surface area contributed by atoms with Gasteiger partial charge in [-0.05, 0) is 6.42 Å². The molecule has 0 spiro atoms. The lowest BCUT2D eigenvalue weighted by Gasteiger charge is -1.98. The van der Waals surface area contributed by atoms with Gasteiger partial charge < -0.3 is 0 Å². The first-order valence-electron chi connectivity index (χ1n) is 2.66. The molecule has 0 aliphatic carbocycles. The summed E-state index contributed by atoms with van der Waals surface area (Å²) in [6.45, 7) is 2.26. The number of hydrogen-bond donors (Lipinski definition) is 0. The highest BCUT2D eigenvalue weighted by molar-refractivity contribution is 8.20. The Labute approximate surface area is 53.4 Å². The van der Waals surface area contributed by atoms with Gasteiger partial charge in [0.05, 0.1) is 0 Å². The van der Waals surface area contributed by atoms with E-state index >= 15 is 0 Å². The zero-order valence-electron chi connectivity index (χ0n) is 4.52. The normalized spacial score (nSPS) is 23.6. The SMILES string of the molecule is CCC1SCCS1. The van der Waals surface area contributed by atoms with Crippen LogP contribution in [0.1, 0.15) is 13.3 Å². The molecule has 0 radical (unpaired) electrons. The van der Waals surface area contributed by atoms with Crippen molar-refractivity contribution < 1.29 is 0 Å². The van der Waals surface area contributed by atoms with E-state index in [1.54, 1.807) is 0 Å². The molecular formula is C5H10S2. The maximum atomic E-state index is 2.26. The van der Waals surface area contributed by atoms with E-state index in [1.165, 1.54) is 17.9 Å². The first-order chi connectivity index (χ1) is 3.43. The van der Waals surface area contributed by atoms with Crippen LogP contribution in [0.3, 0.4) is 0 Å². The van der Waals surface area contributed by atoms with E-state index in [-0.39, 0.29) is 0 Å². The first-order valence-corrected chi connectivity index (χ1v) is 4.76. The molecule has 0 atom stereocenters. The Balaban J connectivity index is 2.14. The van der Waals surface area contributed by atoms with Crippen LogP contribution in [-0.2, 0) is 0 Å². The fourth-order valence-electron chi connectivity index (χ4n) is 0.643. The van der Waals surface area contributed by atoms with Crippen molar-refractivity contribution in [1.82, 2.24) is 0 Å². The van der Waals surface area contributed by atoms with E-state index in [0.29, 0.717) is 0 Å². The van der Waals surface area contributed by atoms with Crippen LogP contribution in [0.5, 0.6) is 0 Å². The van der Waals surface area contributed by atoms with Gasteiger partial charge in [-0.2, -0.15) is 0 Å². The summed E-state index contributed by atoms with van der Waals surface area (Å²) in [6.07, 6.45) is 1.34. The summed E-state index contributed by atoms with van der Waals surface area (Å²) < 4.78 is 0.931. The summed E-state index contributed by atoms with van der Waals surface area (Å²) >= 11 is 4.21. The molecule has 1 heterocycles. The molecule has 0 saturated carbocycles. The minimum absolute atomic E-state index is 0.931. The molecule has 0 amide bonds. The highest BCUT2D eigenvalue weighted by Crippen LogP contribution is 2.33. The average molecular weight is 134 g/mol. The summed E-state index contributed by atoms with van der Waals surface area (Å²) in [4.78, 5) is 0. The van der Waals surface area contributed by atoms with Gasteiger partial charge in [-0.3, -0.25) is 0 Å². The highest BCUT2D eigenvalue weighted by atomic mass is 32.2. The molecule has 42 valence electrons. The van der Waals surface area contributed by atoms with Crippen molar-refractivity contribution in [2.75, 3.05) is 11.5 Å². The summed E-state index contributed by atoms with van der Waals surface area (Å²) in [7, 11) is 0. The van der Waals surface area contributed by atoms with Crippen LogP contribution < -0.4 is 0 Å². The Morgan fingerprint density at radius 1 is 1.43 bits per heavy atom. The van der Waals surface area contributed by atoms with Gasteiger partial charge in [0.2, 0.25) is 0 Å². The summed E-state index contributed by atoms with van der Waals surface area (Å²) in [5, 5.41) is 0. The van der Waals surface area contributed by atoms with Crippen molar-refractivity contribution in [3.8, 4) is 0 Å². The number of hydrogen-bond acceptors (Lipinski definition) is 2. The predicted molar refractivity (Wildman–Crippen MR) is 39.0 cm³/mol. The highest BCUT2D eigenvalue weighted by Gasteiger charge is 2.12. The molecule has 0 unspecified atom stereocenters. The van der Waals surface area contributed by atoms with Gasteiger partial charge in [-0.15, -0.1) is 23.5 Å². The summed E-state index contributed by atoms with van der Waals surface area (Å²) in [5.41, 5.74) is 0. The van der Waals surface area contributed by atoms with Crippen LogP contribution >= 0.6 is 23.5 Å². The van der Waals surface area contributed by atoms with Gasteiger partial charge in [-0.25, -0.2) is 0 Å². The second kappa shape index (κ2) is 2.88. The van der Waals surface area contributed by atoms with Crippen molar-refractivity contribution in [2.24, 2.45) is 0 Å². The zero-order valence-corrected chi connectivity index (χ0v) is 6.15. The van der Waals surface area contributed by atoms with Crippen molar-refractivity contribution >= 4 is 23.5 Å². The Hall–Kier alpha value is 0.700. The van der Waals surface area contributed by atoms with Crippen molar-refractivity contribution in [1.29, 1.82) is 0 Å². The third-order valence-corrected chi connectivity index (χ3v) is 4.39. The van der Waals surface area contributed by atoms with Gasteiger partial charge in [-0.1, -0.05) is 6.92 Å². The average Bonchev–Trinajstić information content (AvgIpc) is 2.14. The molecule has 1 aliphatic heterocycles. The van der Waals surface area contributed by atoms with Gasteiger partial charge >= 0.3 is 0 Å². The van der Waals surface area contributed by atoms with Crippen LogP contribution in [0.4, 0.5) is 0 Å². The molecule has 1 saturated heterocycles. The van der Waals surface area contributed by atoms with Gasteiger partial charge in [0.25, 0.3) is 0 Å². The van der Waals surface area contributed by atoms with Crippen LogP contribution in [0.25, 0.3) is 0 Å². The Kier molecular flexibility index (Phi) is 2.40. The fraction of sp³-hybridized carbons (Fsp3) is 1.00. The van der Waals surface area contributed by atoms with Crippen molar-refractivity contribution in [2.45, 2.75) is 17.9 Å². The van der Waals surface area contributed by atoms with Crippen LogP contribution in [-0.4, -0.2) is 16.1 Å². The molecule has 1 fully saturated rings. The van der Waals surface area contributed by atoms with E-state index < -0.39 is 0 Å². The lowest BCUT2D eigenvalue weighted by molar-refractivity contribution is 1.06. The van der Waals surface area contributed by atoms with Gasteiger partial charge in [0.15, 0.2) is 0 Å². The Morgan fingerprint density at radius 2 is 2.00 bits per heavy atom. The van der Waals surface area contributed by atoms with Gasteiger partial charge in [0, 0.05) is 16.1 Å². The second-order valence-corrected chi connectivity index (χ2v) is 4.50. The van der Waals surface area contributed by atoms with E-state index in [4.69, 9.17) is 0 Å². The predicted octanol–water partition coefficient (Wildman–Crippen LogP) is 2.20. The van der Waals surface area contributed by atoms with E-state index in [2.05, 4.69) is 30.4 Å². The largest absolute Gasteiger partial charge is 0.147 e. The Morgan fingerprint density at radius 3 is 2.29 bits per heavy atom. The molecule has 0 nitrogen and oxygen atoms in total. The molecule has 2 heteroatoms. The molecule has 1 rings (SSSR count). The van der Waals surface area contributed by atoms with E-state index in [9.17, 15) is 0 Å². The van der Waals surface area contributed by atoms with Crippen molar-refractivity contribution in [3.05, 3.63) is 0 Å². The zero-order chi connectivity index (χ0) is 5.11. The molecule has 0 aromatic carbocycles. The van der Waals surface area contributed by atoms with E-state index in [1.807, 2.05) is 0 Å². The third kappa shape index (κ3) is 1.57. The minimum atomic E-state index is 0.931. The fourth-order valence-corrected chi connectivity index (χ4v) is 3.37.